The summed E-state index contributed by atoms with van der Waals surface area (Å²) in [5.41, 5.74) is 0.634. The number of halogens is 4. The molecule has 2 aromatic heterocycles. The van der Waals surface area contributed by atoms with Crippen LogP contribution in [-0.2, 0) is 12.7 Å². The zero-order valence-corrected chi connectivity index (χ0v) is 14.3. The average molecular weight is 445 g/mol. The summed E-state index contributed by atoms with van der Waals surface area (Å²) in [5.74, 6) is -0.264. The average Bonchev–Trinajstić information content (AvgIpc) is 2.94. The van der Waals surface area contributed by atoms with E-state index in [1.54, 1.807) is 12.1 Å². The van der Waals surface area contributed by atoms with E-state index >= 15 is 0 Å². The Hall–Kier alpha value is -2.10. The van der Waals surface area contributed by atoms with Crippen LogP contribution in [0.2, 0.25) is 0 Å². The van der Waals surface area contributed by atoms with Crippen LogP contribution in [0.15, 0.2) is 48.8 Å². The number of nitrogens with one attached hydrogen (secondary N) is 1. The Morgan fingerprint density at radius 1 is 1.12 bits per heavy atom. The van der Waals surface area contributed by atoms with Crippen molar-refractivity contribution in [3.63, 3.8) is 0 Å². The first-order valence-electron chi connectivity index (χ1n) is 6.91. The molecule has 3 aromatic rings. The van der Waals surface area contributed by atoms with Crippen molar-refractivity contribution in [2.24, 2.45) is 0 Å². The number of alkyl halides is 3. The van der Waals surface area contributed by atoms with Crippen molar-refractivity contribution in [3.05, 3.63) is 69.2 Å². The van der Waals surface area contributed by atoms with Gasteiger partial charge in [0.15, 0.2) is 0 Å². The number of pyridine rings is 1. The second kappa shape index (κ2) is 6.42. The molecule has 0 aliphatic heterocycles. The molecular formula is C16H11F3IN3O. The maximum Gasteiger partial charge on any atom is 0.417 e. The monoisotopic (exact) mass is 445 g/mol. The molecule has 4 nitrogen and oxygen atoms in total. The Balaban J connectivity index is 1.73. The summed E-state index contributed by atoms with van der Waals surface area (Å²) in [7, 11) is 0. The fraction of sp³-hybridized carbons (Fsp3) is 0.125. The fourth-order valence-corrected chi connectivity index (χ4v) is 2.53. The Morgan fingerprint density at radius 3 is 2.50 bits per heavy atom. The second-order valence-corrected chi connectivity index (χ2v) is 6.35. The summed E-state index contributed by atoms with van der Waals surface area (Å²) in [5, 5.41) is 2.70. The minimum atomic E-state index is -4.41. The number of hydrogen-bond acceptors (Lipinski definition) is 2. The lowest BCUT2D eigenvalue weighted by Gasteiger charge is -2.05. The van der Waals surface area contributed by atoms with Gasteiger partial charge in [-0.15, -0.1) is 0 Å². The molecule has 0 saturated heterocycles. The van der Waals surface area contributed by atoms with Crippen molar-refractivity contribution in [1.82, 2.24) is 14.7 Å². The van der Waals surface area contributed by atoms with Gasteiger partial charge in [0.05, 0.1) is 17.8 Å². The van der Waals surface area contributed by atoms with Crippen LogP contribution in [0.5, 0.6) is 0 Å². The van der Waals surface area contributed by atoms with Crippen LogP contribution in [0, 0.1) is 3.57 Å². The highest BCUT2D eigenvalue weighted by Crippen LogP contribution is 2.29. The van der Waals surface area contributed by atoms with Crippen molar-refractivity contribution in [1.29, 1.82) is 0 Å². The summed E-state index contributed by atoms with van der Waals surface area (Å²) in [6, 6.07) is 9.33. The zero-order chi connectivity index (χ0) is 17.3. The number of fused-ring (bicyclic) bond motifs is 1. The molecule has 124 valence electrons. The summed E-state index contributed by atoms with van der Waals surface area (Å²) >= 11 is 2.14. The van der Waals surface area contributed by atoms with E-state index in [4.69, 9.17) is 0 Å². The molecule has 1 N–H and O–H groups in total. The number of nitrogens with zero attached hydrogens (tertiary/aromatic N) is 2. The quantitative estimate of drug-likeness (QED) is 0.623. The predicted molar refractivity (Wildman–Crippen MR) is 90.5 cm³/mol. The van der Waals surface area contributed by atoms with Crippen molar-refractivity contribution in [2.75, 3.05) is 0 Å². The molecule has 0 aliphatic carbocycles. The molecule has 0 radical (unpaired) electrons. The lowest BCUT2D eigenvalue weighted by Crippen LogP contribution is -2.22. The lowest BCUT2D eigenvalue weighted by atomic mass is 10.2. The van der Waals surface area contributed by atoms with Gasteiger partial charge in [0, 0.05) is 21.5 Å². The first-order valence-corrected chi connectivity index (χ1v) is 7.99. The number of carbonyl (C=O) groups excluding carboxylic acids is 1. The number of amides is 1. The Bertz CT molecular complexity index is 888. The van der Waals surface area contributed by atoms with E-state index in [1.807, 2.05) is 12.1 Å². The van der Waals surface area contributed by atoms with E-state index in [1.165, 1.54) is 16.7 Å². The van der Waals surface area contributed by atoms with Gasteiger partial charge in [-0.05, 0) is 59.0 Å². The molecule has 0 unspecified atom stereocenters. The molecule has 24 heavy (non-hydrogen) atoms. The largest absolute Gasteiger partial charge is 0.417 e. The third kappa shape index (κ3) is 3.69. The third-order valence-corrected chi connectivity index (χ3v) is 4.08. The maximum atomic E-state index is 12.7. The summed E-state index contributed by atoms with van der Waals surface area (Å²) < 4.78 is 40.4. The summed E-state index contributed by atoms with van der Waals surface area (Å²) in [6.07, 6.45) is -1.96. The first kappa shape index (κ1) is 16.7. The standard InChI is InChI=1S/C16H11F3IN3O/c17-16(18,19)11-3-6-14-22-13(9-23(14)8-11)7-21-15(24)10-1-4-12(20)5-2-10/h1-6,8-9H,7H2,(H,21,24). The number of rotatable bonds is 3. The van der Waals surface area contributed by atoms with Crippen molar-refractivity contribution in [3.8, 4) is 0 Å². The summed E-state index contributed by atoms with van der Waals surface area (Å²) in [6.45, 7) is 0.133. The number of carbonyl (C=O) groups is 1. The zero-order valence-electron chi connectivity index (χ0n) is 12.1. The van der Waals surface area contributed by atoms with Crippen LogP contribution in [0.1, 0.15) is 21.6 Å². The van der Waals surface area contributed by atoms with Gasteiger partial charge in [0.2, 0.25) is 0 Å². The maximum absolute atomic E-state index is 12.7. The van der Waals surface area contributed by atoms with Gasteiger partial charge < -0.3 is 9.72 Å². The Kier molecular flexibility index (Phi) is 4.48. The van der Waals surface area contributed by atoms with Gasteiger partial charge in [0.25, 0.3) is 5.91 Å². The van der Waals surface area contributed by atoms with Crippen molar-refractivity contribution < 1.29 is 18.0 Å². The molecular weight excluding hydrogens is 434 g/mol. The van der Waals surface area contributed by atoms with Crippen LogP contribution in [0.25, 0.3) is 5.65 Å². The van der Waals surface area contributed by atoms with Crippen LogP contribution >= 0.6 is 22.6 Å². The molecule has 8 heteroatoms. The van der Waals surface area contributed by atoms with E-state index in [2.05, 4.69) is 32.9 Å². The van der Waals surface area contributed by atoms with E-state index in [9.17, 15) is 18.0 Å². The fourth-order valence-electron chi connectivity index (χ4n) is 2.17. The number of aromatic nitrogens is 2. The van der Waals surface area contributed by atoms with E-state index in [0.29, 0.717) is 16.9 Å². The summed E-state index contributed by atoms with van der Waals surface area (Å²) in [4.78, 5) is 16.2. The number of benzene rings is 1. The van der Waals surface area contributed by atoms with Crippen molar-refractivity contribution >= 4 is 34.1 Å². The highest BCUT2D eigenvalue weighted by Gasteiger charge is 2.30. The molecule has 0 bridgehead atoms. The molecule has 0 spiro atoms. The Morgan fingerprint density at radius 2 is 1.83 bits per heavy atom. The molecule has 3 rings (SSSR count). The molecule has 1 aromatic carbocycles. The molecule has 0 atom stereocenters. The van der Waals surface area contributed by atoms with Gasteiger partial charge in [-0.3, -0.25) is 4.79 Å². The number of hydrogen-bond donors (Lipinski definition) is 1. The smallest absolute Gasteiger partial charge is 0.346 e. The Labute approximate surface area is 148 Å². The normalized spacial score (nSPS) is 11.7. The van der Waals surface area contributed by atoms with Gasteiger partial charge in [0.1, 0.15) is 5.65 Å². The van der Waals surface area contributed by atoms with E-state index in [-0.39, 0.29) is 12.5 Å². The van der Waals surface area contributed by atoms with Crippen LogP contribution in [0.3, 0.4) is 0 Å². The minimum Gasteiger partial charge on any atom is -0.346 e. The molecule has 2 heterocycles. The first-order chi connectivity index (χ1) is 11.3. The minimum absolute atomic E-state index is 0.133. The van der Waals surface area contributed by atoms with Crippen LogP contribution in [-0.4, -0.2) is 15.3 Å². The van der Waals surface area contributed by atoms with Gasteiger partial charge in [-0.25, -0.2) is 4.98 Å². The highest BCUT2D eigenvalue weighted by molar-refractivity contribution is 14.1. The SMILES string of the molecule is O=C(NCc1cn2cc(C(F)(F)F)ccc2n1)c1ccc(I)cc1. The highest BCUT2D eigenvalue weighted by atomic mass is 127. The van der Waals surface area contributed by atoms with E-state index < -0.39 is 11.7 Å². The molecule has 1 amide bonds. The van der Waals surface area contributed by atoms with E-state index in [0.717, 1.165) is 15.8 Å². The lowest BCUT2D eigenvalue weighted by molar-refractivity contribution is -0.137. The van der Waals surface area contributed by atoms with Crippen LogP contribution < -0.4 is 5.32 Å². The molecule has 0 fully saturated rings. The molecule has 0 aliphatic rings. The van der Waals surface area contributed by atoms with Gasteiger partial charge in [-0.1, -0.05) is 0 Å². The predicted octanol–water partition coefficient (Wildman–Crippen LogP) is 3.89. The van der Waals surface area contributed by atoms with Gasteiger partial charge >= 0.3 is 6.18 Å². The van der Waals surface area contributed by atoms with Crippen LogP contribution in [0.4, 0.5) is 13.2 Å². The second-order valence-electron chi connectivity index (χ2n) is 5.10. The number of imidazole rings is 1. The van der Waals surface area contributed by atoms with Crippen molar-refractivity contribution in [2.45, 2.75) is 12.7 Å². The third-order valence-electron chi connectivity index (χ3n) is 3.36. The van der Waals surface area contributed by atoms with Gasteiger partial charge in [-0.2, -0.15) is 13.2 Å². The molecule has 0 saturated carbocycles. The topological polar surface area (TPSA) is 46.4 Å².